The van der Waals surface area contributed by atoms with Crippen molar-refractivity contribution >= 4 is 11.8 Å². The number of amides is 2. The molecule has 1 heterocycles. The van der Waals surface area contributed by atoms with Gasteiger partial charge in [-0.1, -0.05) is 12.8 Å². The summed E-state index contributed by atoms with van der Waals surface area (Å²) in [5.41, 5.74) is 0. The number of carbonyl (C=O) groups excluding carboxylic acids is 2. The Balaban J connectivity index is 1.69. The van der Waals surface area contributed by atoms with Crippen molar-refractivity contribution in [1.82, 2.24) is 4.90 Å². The lowest BCUT2D eigenvalue weighted by atomic mass is 10.3. The molecule has 0 atom stereocenters. The Bertz CT molecular complexity index is 274. The average molecular weight is 209 g/mol. The van der Waals surface area contributed by atoms with Crippen LogP contribution in [0.3, 0.4) is 0 Å². The van der Waals surface area contributed by atoms with Crippen molar-refractivity contribution in [3.63, 3.8) is 0 Å². The topological polar surface area (TPSA) is 46.6 Å². The van der Waals surface area contributed by atoms with Gasteiger partial charge in [0.25, 0.3) is 11.8 Å². The van der Waals surface area contributed by atoms with E-state index in [0.717, 1.165) is 12.8 Å². The SMILES string of the molecule is O=C1C=CC(=O)N1CCOC1CCCC1. The zero-order chi connectivity index (χ0) is 10.7. The molecule has 0 aromatic rings. The number of carbonyl (C=O) groups is 2. The van der Waals surface area contributed by atoms with Crippen LogP contribution >= 0.6 is 0 Å². The van der Waals surface area contributed by atoms with E-state index in [0.29, 0.717) is 19.3 Å². The largest absolute Gasteiger partial charge is 0.376 e. The minimum absolute atomic E-state index is 0.227. The van der Waals surface area contributed by atoms with Crippen molar-refractivity contribution in [2.75, 3.05) is 13.2 Å². The smallest absolute Gasteiger partial charge is 0.253 e. The van der Waals surface area contributed by atoms with Gasteiger partial charge < -0.3 is 4.74 Å². The van der Waals surface area contributed by atoms with E-state index >= 15 is 0 Å². The van der Waals surface area contributed by atoms with E-state index in [-0.39, 0.29) is 11.8 Å². The molecule has 0 radical (unpaired) electrons. The molecule has 0 saturated heterocycles. The highest BCUT2D eigenvalue weighted by molar-refractivity contribution is 6.12. The second-order valence-corrected chi connectivity index (χ2v) is 3.94. The maximum Gasteiger partial charge on any atom is 0.253 e. The van der Waals surface area contributed by atoms with Crippen LogP contribution in [0.1, 0.15) is 25.7 Å². The summed E-state index contributed by atoms with van der Waals surface area (Å²) >= 11 is 0. The Labute approximate surface area is 88.9 Å². The molecule has 2 amide bonds. The minimum atomic E-state index is -0.227. The molecule has 2 rings (SSSR count). The van der Waals surface area contributed by atoms with Crippen LogP contribution in [0.4, 0.5) is 0 Å². The van der Waals surface area contributed by atoms with Crippen molar-refractivity contribution in [2.24, 2.45) is 0 Å². The van der Waals surface area contributed by atoms with E-state index in [1.165, 1.54) is 29.9 Å². The standard InChI is InChI=1S/C11H15NO3/c13-10-5-6-11(14)12(10)7-8-15-9-3-1-2-4-9/h5-6,9H,1-4,7-8H2. The molecule has 1 aliphatic heterocycles. The summed E-state index contributed by atoms with van der Waals surface area (Å²) in [4.78, 5) is 23.6. The fourth-order valence-electron chi connectivity index (χ4n) is 2.02. The monoisotopic (exact) mass is 209 g/mol. The molecule has 4 heteroatoms. The average Bonchev–Trinajstić information content (AvgIpc) is 2.82. The molecule has 2 aliphatic rings. The van der Waals surface area contributed by atoms with Crippen LogP contribution in [0, 0.1) is 0 Å². The van der Waals surface area contributed by atoms with Crippen LogP contribution in [0.5, 0.6) is 0 Å². The molecule has 82 valence electrons. The summed E-state index contributed by atoms with van der Waals surface area (Å²) in [7, 11) is 0. The number of ether oxygens (including phenoxy) is 1. The molecule has 0 aromatic carbocycles. The molecule has 0 unspecified atom stereocenters. The molecule has 1 aliphatic carbocycles. The molecule has 0 bridgehead atoms. The van der Waals surface area contributed by atoms with Gasteiger partial charge in [-0.25, -0.2) is 0 Å². The summed E-state index contributed by atoms with van der Waals surface area (Å²) in [6.07, 6.45) is 7.63. The maximum absolute atomic E-state index is 11.2. The zero-order valence-corrected chi connectivity index (χ0v) is 8.65. The number of hydrogen-bond acceptors (Lipinski definition) is 3. The Morgan fingerprint density at radius 3 is 2.40 bits per heavy atom. The van der Waals surface area contributed by atoms with E-state index in [2.05, 4.69) is 0 Å². The first-order chi connectivity index (χ1) is 7.27. The van der Waals surface area contributed by atoms with Crippen molar-refractivity contribution < 1.29 is 14.3 Å². The van der Waals surface area contributed by atoms with E-state index < -0.39 is 0 Å². The van der Waals surface area contributed by atoms with Crippen LogP contribution in [-0.4, -0.2) is 36.0 Å². The van der Waals surface area contributed by atoms with Gasteiger partial charge in [-0.3, -0.25) is 14.5 Å². The molecular formula is C11H15NO3. The Morgan fingerprint density at radius 2 is 1.80 bits per heavy atom. The Morgan fingerprint density at radius 1 is 1.20 bits per heavy atom. The third kappa shape index (κ3) is 2.45. The quantitative estimate of drug-likeness (QED) is 0.645. The molecule has 15 heavy (non-hydrogen) atoms. The Hall–Kier alpha value is -1.16. The number of imide groups is 1. The van der Waals surface area contributed by atoms with E-state index in [9.17, 15) is 9.59 Å². The molecule has 0 aromatic heterocycles. The third-order valence-electron chi connectivity index (χ3n) is 2.87. The highest BCUT2D eigenvalue weighted by Crippen LogP contribution is 2.20. The third-order valence-corrected chi connectivity index (χ3v) is 2.87. The van der Waals surface area contributed by atoms with Gasteiger partial charge in [0, 0.05) is 12.2 Å². The number of nitrogens with zero attached hydrogens (tertiary/aromatic N) is 1. The number of rotatable bonds is 4. The minimum Gasteiger partial charge on any atom is -0.376 e. The van der Waals surface area contributed by atoms with Crippen LogP contribution in [0.2, 0.25) is 0 Å². The van der Waals surface area contributed by atoms with Crippen molar-refractivity contribution in [3.05, 3.63) is 12.2 Å². The second kappa shape index (κ2) is 4.57. The van der Waals surface area contributed by atoms with E-state index in [1.807, 2.05) is 0 Å². The van der Waals surface area contributed by atoms with Crippen LogP contribution < -0.4 is 0 Å². The van der Waals surface area contributed by atoms with Crippen molar-refractivity contribution in [1.29, 1.82) is 0 Å². The first kappa shape index (κ1) is 10.4. The van der Waals surface area contributed by atoms with Gasteiger partial charge in [-0.05, 0) is 12.8 Å². The van der Waals surface area contributed by atoms with Gasteiger partial charge in [0.2, 0.25) is 0 Å². The van der Waals surface area contributed by atoms with Gasteiger partial charge in [0.05, 0.1) is 19.3 Å². The number of hydrogen-bond donors (Lipinski definition) is 0. The lowest BCUT2D eigenvalue weighted by Gasteiger charge is -2.16. The van der Waals surface area contributed by atoms with Crippen LogP contribution in [0.25, 0.3) is 0 Å². The predicted molar refractivity (Wildman–Crippen MR) is 54.1 cm³/mol. The van der Waals surface area contributed by atoms with Crippen LogP contribution in [0.15, 0.2) is 12.2 Å². The van der Waals surface area contributed by atoms with E-state index in [4.69, 9.17) is 4.74 Å². The highest BCUT2D eigenvalue weighted by Gasteiger charge is 2.23. The molecule has 0 spiro atoms. The fourth-order valence-corrected chi connectivity index (χ4v) is 2.02. The van der Waals surface area contributed by atoms with Crippen molar-refractivity contribution in [2.45, 2.75) is 31.8 Å². The van der Waals surface area contributed by atoms with E-state index in [1.54, 1.807) is 0 Å². The van der Waals surface area contributed by atoms with Crippen LogP contribution in [-0.2, 0) is 14.3 Å². The van der Waals surface area contributed by atoms with Gasteiger partial charge in [-0.2, -0.15) is 0 Å². The van der Waals surface area contributed by atoms with Gasteiger partial charge in [0.15, 0.2) is 0 Å². The lowest BCUT2D eigenvalue weighted by molar-refractivity contribution is -0.137. The highest BCUT2D eigenvalue weighted by atomic mass is 16.5. The Kier molecular flexibility index (Phi) is 3.16. The summed E-state index contributed by atoms with van der Waals surface area (Å²) < 4.78 is 5.59. The van der Waals surface area contributed by atoms with Gasteiger partial charge >= 0.3 is 0 Å². The molecule has 0 N–H and O–H groups in total. The zero-order valence-electron chi connectivity index (χ0n) is 8.65. The normalized spacial score (nSPS) is 22.0. The maximum atomic E-state index is 11.2. The van der Waals surface area contributed by atoms with Crippen molar-refractivity contribution in [3.8, 4) is 0 Å². The molecule has 4 nitrogen and oxygen atoms in total. The molecule has 1 fully saturated rings. The first-order valence-electron chi connectivity index (χ1n) is 5.42. The lowest BCUT2D eigenvalue weighted by Crippen LogP contribution is -2.33. The summed E-state index contributed by atoms with van der Waals surface area (Å²) in [6, 6.07) is 0. The molecule has 1 saturated carbocycles. The van der Waals surface area contributed by atoms with Gasteiger partial charge in [0.1, 0.15) is 0 Å². The summed E-state index contributed by atoms with van der Waals surface area (Å²) in [5.74, 6) is -0.454. The van der Waals surface area contributed by atoms with Gasteiger partial charge in [-0.15, -0.1) is 0 Å². The summed E-state index contributed by atoms with van der Waals surface area (Å²) in [6.45, 7) is 0.838. The summed E-state index contributed by atoms with van der Waals surface area (Å²) in [5, 5.41) is 0. The fraction of sp³-hybridized carbons (Fsp3) is 0.636. The first-order valence-corrected chi connectivity index (χ1v) is 5.42. The second-order valence-electron chi connectivity index (χ2n) is 3.94. The molecular weight excluding hydrogens is 194 g/mol. The predicted octanol–water partition coefficient (Wildman–Crippen LogP) is 0.871.